The summed E-state index contributed by atoms with van der Waals surface area (Å²) < 4.78 is 16.0. The van der Waals surface area contributed by atoms with Gasteiger partial charge in [0, 0.05) is 14.1 Å². The maximum Gasteiger partial charge on any atom is 0.332 e. The summed E-state index contributed by atoms with van der Waals surface area (Å²) in [6.45, 7) is 3.35. The average molecular weight is 355 g/mol. The zero-order valence-electron chi connectivity index (χ0n) is 13.7. The number of hydrogen-bond donors (Lipinski definition) is 0. The number of hydrogen-bond acceptors (Lipinski definition) is 8. The molecule has 0 fully saturated rings. The van der Waals surface area contributed by atoms with Crippen molar-refractivity contribution in [3.8, 4) is 0 Å². The summed E-state index contributed by atoms with van der Waals surface area (Å²) >= 11 is 0.800. The fraction of sp³-hybridized carbons (Fsp3) is 0.500. The van der Waals surface area contributed by atoms with Crippen LogP contribution >= 0.6 is 11.5 Å². The van der Waals surface area contributed by atoms with Crippen LogP contribution < -0.4 is 11.2 Å². The standard InChI is InChI=1S/C14H17N3O6S/c1-5-22-12(19)8(13(20)23-6-2)9-7-10(15-24-9)16(3)14(21)17(4)11(7)18/h8H,5-6H2,1-4H3. The van der Waals surface area contributed by atoms with Gasteiger partial charge in [0.05, 0.1) is 18.1 Å². The van der Waals surface area contributed by atoms with Crippen molar-refractivity contribution >= 4 is 34.5 Å². The maximum atomic E-state index is 12.5. The molecule has 0 saturated heterocycles. The maximum absolute atomic E-state index is 12.5. The zero-order chi connectivity index (χ0) is 18.0. The normalized spacial score (nSPS) is 11.0. The van der Waals surface area contributed by atoms with Gasteiger partial charge in [0.25, 0.3) is 5.56 Å². The molecule has 0 aliphatic carbocycles. The highest BCUT2D eigenvalue weighted by Crippen LogP contribution is 2.29. The number of fused-ring (bicyclic) bond motifs is 1. The summed E-state index contributed by atoms with van der Waals surface area (Å²) in [5, 5.41) is 0.0377. The summed E-state index contributed by atoms with van der Waals surface area (Å²) in [4.78, 5) is 49.0. The Morgan fingerprint density at radius 1 is 1.08 bits per heavy atom. The molecule has 2 heterocycles. The summed E-state index contributed by atoms with van der Waals surface area (Å²) in [7, 11) is 2.77. The predicted molar refractivity (Wildman–Crippen MR) is 86.1 cm³/mol. The first kappa shape index (κ1) is 17.9. The summed E-state index contributed by atoms with van der Waals surface area (Å²) in [6, 6.07) is 0. The quantitative estimate of drug-likeness (QED) is 0.544. The Kier molecular flexibility index (Phi) is 5.17. The van der Waals surface area contributed by atoms with Gasteiger partial charge in [-0.2, -0.15) is 4.37 Å². The number of carbonyl (C=O) groups is 2. The lowest BCUT2D eigenvalue weighted by Gasteiger charge is -2.13. The van der Waals surface area contributed by atoms with Crippen molar-refractivity contribution in [2.45, 2.75) is 19.8 Å². The van der Waals surface area contributed by atoms with E-state index in [1.165, 1.54) is 18.7 Å². The van der Waals surface area contributed by atoms with E-state index in [0.29, 0.717) is 0 Å². The van der Waals surface area contributed by atoms with Crippen LogP contribution in [0.25, 0.3) is 11.0 Å². The molecule has 0 atom stereocenters. The second-order valence-corrected chi connectivity index (χ2v) is 5.69. The minimum Gasteiger partial charge on any atom is -0.465 e. The summed E-state index contributed by atoms with van der Waals surface area (Å²) in [5.41, 5.74) is -1.06. The van der Waals surface area contributed by atoms with Crippen LogP contribution in [-0.2, 0) is 33.2 Å². The zero-order valence-corrected chi connectivity index (χ0v) is 14.5. The van der Waals surface area contributed by atoms with E-state index in [9.17, 15) is 19.2 Å². The number of rotatable bonds is 5. The van der Waals surface area contributed by atoms with Crippen LogP contribution in [0.5, 0.6) is 0 Å². The number of ether oxygens (including phenoxy) is 2. The van der Waals surface area contributed by atoms with Crippen LogP contribution in [0, 0.1) is 0 Å². The first-order valence-corrected chi connectivity index (χ1v) is 8.00. The molecule has 0 aliphatic heterocycles. The van der Waals surface area contributed by atoms with Gasteiger partial charge in [-0.3, -0.25) is 23.5 Å². The fourth-order valence-corrected chi connectivity index (χ4v) is 3.22. The number of aryl methyl sites for hydroxylation is 1. The molecule has 130 valence electrons. The SMILES string of the molecule is CCOC(=O)C(C(=O)OCC)c1snc2c1c(=O)n(C)c(=O)n2C. The topological polar surface area (TPSA) is 109 Å². The largest absolute Gasteiger partial charge is 0.465 e. The Balaban J connectivity index is 2.76. The molecule has 0 bridgehead atoms. The van der Waals surface area contributed by atoms with Gasteiger partial charge in [0.2, 0.25) is 0 Å². The molecule has 0 N–H and O–H groups in total. The van der Waals surface area contributed by atoms with E-state index in [1.54, 1.807) is 13.8 Å². The van der Waals surface area contributed by atoms with Crippen molar-refractivity contribution in [1.29, 1.82) is 0 Å². The monoisotopic (exact) mass is 355 g/mol. The average Bonchev–Trinajstić information content (AvgIpc) is 2.96. The lowest BCUT2D eigenvalue weighted by Crippen LogP contribution is -2.37. The smallest absolute Gasteiger partial charge is 0.332 e. The molecule has 9 nitrogen and oxygen atoms in total. The highest BCUT2D eigenvalue weighted by atomic mass is 32.1. The highest BCUT2D eigenvalue weighted by Gasteiger charge is 2.36. The Morgan fingerprint density at radius 2 is 1.62 bits per heavy atom. The molecule has 0 aromatic carbocycles. The van der Waals surface area contributed by atoms with Crippen LogP contribution in [0.4, 0.5) is 0 Å². The van der Waals surface area contributed by atoms with Crippen LogP contribution in [0.15, 0.2) is 9.59 Å². The summed E-state index contributed by atoms with van der Waals surface area (Å²) in [6.07, 6.45) is 0. The van der Waals surface area contributed by atoms with Gasteiger partial charge in [0.15, 0.2) is 11.6 Å². The molecule has 2 aromatic rings. The molecule has 10 heteroatoms. The van der Waals surface area contributed by atoms with Crippen molar-refractivity contribution in [3.63, 3.8) is 0 Å². The second-order valence-electron chi connectivity index (χ2n) is 4.89. The third-order valence-corrected chi connectivity index (χ3v) is 4.32. The Labute approximate surface area is 140 Å². The number of esters is 2. The lowest BCUT2D eigenvalue weighted by atomic mass is 10.1. The lowest BCUT2D eigenvalue weighted by molar-refractivity contribution is -0.156. The van der Waals surface area contributed by atoms with Gasteiger partial charge in [-0.15, -0.1) is 0 Å². The van der Waals surface area contributed by atoms with E-state index >= 15 is 0 Å². The molecule has 0 spiro atoms. The second kappa shape index (κ2) is 6.95. The highest BCUT2D eigenvalue weighted by molar-refractivity contribution is 7.07. The van der Waals surface area contributed by atoms with Crippen molar-refractivity contribution in [3.05, 3.63) is 25.7 Å². The molecule has 0 radical (unpaired) electrons. The van der Waals surface area contributed by atoms with Crippen molar-refractivity contribution in [2.75, 3.05) is 13.2 Å². The first-order valence-electron chi connectivity index (χ1n) is 7.23. The van der Waals surface area contributed by atoms with Crippen molar-refractivity contribution < 1.29 is 19.1 Å². The molecule has 2 aromatic heterocycles. The van der Waals surface area contributed by atoms with Crippen LogP contribution in [0.1, 0.15) is 24.6 Å². The molecule has 24 heavy (non-hydrogen) atoms. The number of carbonyl (C=O) groups excluding carboxylic acids is 2. The Hall–Kier alpha value is -2.49. The number of nitrogens with zero attached hydrogens (tertiary/aromatic N) is 3. The van der Waals surface area contributed by atoms with Gasteiger partial charge >= 0.3 is 17.6 Å². The predicted octanol–water partition coefficient (Wildman–Crippen LogP) is -0.0965. The molecule has 2 rings (SSSR count). The van der Waals surface area contributed by atoms with E-state index in [2.05, 4.69) is 4.37 Å². The van der Waals surface area contributed by atoms with E-state index < -0.39 is 29.1 Å². The Bertz CT molecular complexity index is 892. The third kappa shape index (κ3) is 2.84. The van der Waals surface area contributed by atoms with E-state index in [4.69, 9.17) is 9.47 Å². The van der Waals surface area contributed by atoms with Crippen LogP contribution in [0.3, 0.4) is 0 Å². The van der Waals surface area contributed by atoms with E-state index in [0.717, 1.165) is 16.1 Å². The first-order chi connectivity index (χ1) is 11.3. The van der Waals surface area contributed by atoms with Gasteiger partial charge in [0.1, 0.15) is 5.39 Å². The summed E-state index contributed by atoms with van der Waals surface area (Å²) in [5.74, 6) is -3.06. The van der Waals surface area contributed by atoms with Crippen molar-refractivity contribution in [2.24, 2.45) is 14.1 Å². The van der Waals surface area contributed by atoms with Crippen molar-refractivity contribution in [1.82, 2.24) is 13.5 Å². The van der Waals surface area contributed by atoms with Gasteiger partial charge in [-0.05, 0) is 25.4 Å². The molecule has 0 aliphatic rings. The van der Waals surface area contributed by atoms with Gasteiger partial charge < -0.3 is 9.47 Å². The minimum absolute atomic E-state index is 0.0377. The molecule has 0 saturated carbocycles. The van der Waals surface area contributed by atoms with Gasteiger partial charge in [-0.1, -0.05) is 0 Å². The molecular formula is C14H17N3O6S. The van der Waals surface area contributed by atoms with Crippen LogP contribution in [-0.4, -0.2) is 38.7 Å². The third-order valence-electron chi connectivity index (χ3n) is 3.42. The fourth-order valence-electron chi connectivity index (χ4n) is 2.25. The minimum atomic E-state index is -1.41. The van der Waals surface area contributed by atoms with Gasteiger partial charge in [-0.25, -0.2) is 4.79 Å². The Morgan fingerprint density at radius 3 is 2.12 bits per heavy atom. The number of aromatic nitrogens is 3. The molecular weight excluding hydrogens is 338 g/mol. The molecule has 0 unspecified atom stereocenters. The molecule has 0 amide bonds. The van der Waals surface area contributed by atoms with E-state index in [-0.39, 0.29) is 29.1 Å². The van der Waals surface area contributed by atoms with E-state index in [1.807, 2.05) is 0 Å². The van der Waals surface area contributed by atoms with Crippen LogP contribution in [0.2, 0.25) is 0 Å².